The smallest absolute Gasteiger partial charge is 0.227 e. The number of anilines is 1. The first-order valence-electron chi connectivity index (χ1n) is 8.06. The molecule has 3 nitrogen and oxygen atoms in total. The van der Waals surface area contributed by atoms with Gasteiger partial charge in [-0.3, -0.25) is 9.59 Å². The zero-order valence-corrected chi connectivity index (χ0v) is 13.4. The Bertz CT molecular complexity index is 462. The second kappa shape index (κ2) is 9.32. The molecule has 1 amide bonds. The molecule has 0 aromatic heterocycles. The molecule has 0 aliphatic rings. The summed E-state index contributed by atoms with van der Waals surface area (Å²) in [5.74, 6) is 0.265. The molecular weight excluding hydrogens is 262 g/mol. The predicted molar refractivity (Wildman–Crippen MR) is 87.6 cm³/mol. The maximum absolute atomic E-state index is 12.3. The van der Waals surface area contributed by atoms with Crippen molar-refractivity contribution < 1.29 is 9.59 Å². The van der Waals surface area contributed by atoms with Crippen LogP contribution in [0, 0.1) is 5.92 Å². The van der Waals surface area contributed by atoms with E-state index >= 15 is 0 Å². The molecule has 0 fully saturated rings. The van der Waals surface area contributed by atoms with Gasteiger partial charge in [-0.25, -0.2) is 0 Å². The minimum Gasteiger partial charge on any atom is -0.326 e. The van der Waals surface area contributed by atoms with E-state index in [1.165, 1.54) is 0 Å². The van der Waals surface area contributed by atoms with Crippen molar-refractivity contribution in [1.29, 1.82) is 0 Å². The topological polar surface area (TPSA) is 46.2 Å². The van der Waals surface area contributed by atoms with Crippen molar-refractivity contribution in [2.24, 2.45) is 5.92 Å². The van der Waals surface area contributed by atoms with Gasteiger partial charge in [0.1, 0.15) is 0 Å². The van der Waals surface area contributed by atoms with Crippen LogP contribution in [0.4, 0.5) is 5.69 Å². The first-order chi connectivity index (χ1) is 10.1. The van der Waals surface area contributed by atoms with Crippen LogP contribution in [0.3, 0.4) is 0 Å². The molecule has 21 heavy (non-hydrogen) atoms. The average molecular weight is 289 g/mol. The average Bonchev–Trinajstić information content (AvgIpc) is 2.47. The van der Waals surface area contributed by atoms with Crippen LogP contribution in [0.1, 0.15) is 69.7 Å². The van der Waals surface area contributed by atoms with Gasteiger partial charge in [0.15, 0.2) is 5.78 Å². The van der Waals surface area contributed by atoms with E-state index in [-0.39, 0.29) is 17.6 Å². The first kappa shape index (κ1) is 17.4. The summed E-state index contributed by atoms with van der Waals surface area (Å²) in [6, 6.07) is 7.26. The molecule has 1 aromatic rings. The summed E-state index contributed by atoms with van der Waals surface area (Å²) >= 11 is 0. The van der Waals surface area contributed by atoms with Crippen LogP contribution in [0.15, 0.2) is 24.3 Å². The van der Waals surface area contributed by atoms with E-state index in [0.29, 0.717) is 12.0 Å². The number of hydrogen-bond donors (Lipinski definition) is 1. The van der Waals surface area contributed by atoms with Gasteiger partial charge in [0.2, 0.25) is 5.91 Å². The van der Waals surface area contributed by atoms with E-state index in [1.807, 2.05) is 25.1 Å². The van der Waals surface area contributed by atoms with E-state index in [9.17, 15) is 9.59 Å². The molecule has 0 heterocycles. The second-order valence-electron chi connectivity index (χ2n) is 5.52. The van der Waals surface area contributed by atoms with Gasteiger partial charge in [0.25, 0.3) is 0 Å². The van der Waals surface area contributed by atoms with Crippen LogP contribution in [0.5, 0.6) is 0 Å². The summed E-state index contributed by atoms with van der Waals surface area (Å²) in [5, 5.41) is 2.96. The highest BCUT2D eigenvalue weighted by Gasteiger charge is 2.17. The molecule has 0 aliphatic heterocycles. The Labute approximate surface area is 128 Å². The van der Waals surface area contributed by atoms with Crippen molar-refractivity contribution in [2.45, 2.75) is 59.3 Å². The number of carbonyl (C=O) groups is 2. The van der Waals surface area contributed by atoms with Crippen molar-refractivity contribution in [3.8, 4) is 0 Å². The van der Waals surface area contributed by atoms with Crippen molar-refractivity contribution in [1.82, 2.24) is 0 Å². The van der Waals surface area contributed by atoms with Gasteiger partial charge in [-0.2, -0.15) is 0 Å². The van der Waals surface area contributed by atoms with Crippen molar-refractivity contribution in [3.05, 3.63) is 29.8 Å². The molecule has 0 aliphatic carbocycles. The third-order valence-corrected chi connectivity index (χ3v) is 3.57. The molecule has 116 valence electrons. The number of amides is 1. The summed E-state index contributed by atoms with van der Waals surface area (Å²) in [4.78, 5) is 24.2. The van der Waals surface area contributed by atoms with Crippen molar-refractivity contribution >= 4 is 17.4 Å². The van der Waals surface area contributed by atoms with Gasteiger partial charge < -0.3 is 5.32 Å². The first-order valence-corrected chi connectivity index (χ1v) is 8.06. The van der Waals surface area contributed by atoms with E-state index < -0.39 is 0 Å². The molecule has 0 spiro atoms. The van der Waals surface area contributed by atoms with Crippen LogP contribution < -0.4 is 5.32 Å². The third-order valence-electron chi connectivity index (χ3n) is 3.57. The van der Waals surface area contributed by atoms with E-state index in [0.717, 1.165) is 37.8 Å². The SMILES string of the molecule is CCCC(=O)c1cccc(NC(=O)C(CCC)CCC)c1. The number of nitrogens with one attached hydrogen (secondary N) is 1. The van der Waals surface area contributed by atoms with Gasteiger partial charge >= 0.3 is 0 Å². The minimum absolute atomic E-state index is 0.0648. The van der Waals surface area contributed by atoms with Crippen LogP contribution >= 0.6 is 0 Å². The van der Waals surface area contributed by atoms with Gasteiger partial charge in [0.05, 0.1) is 0 Å². The lowest BCUT2D eigenvalue weighted by atomic mass is 9.97. The molecule has 0 saturated heterocycles. The number of carbonyl (C=O) groups excluding carboxylic acids is 2. The molecule has 1 aromatic carbocycles. The summed E-state index contributed by atoms with van der Waals surface area (Å²) in [6.45, 7) is 6.18. The highest BCUT2D eigenvalue weighted by molar-refractivity contribution is 5.98. The summed E-state index contributed by atoms with van der Waals surface area (Å²) in [5.41, 5.74) is 1.40. The lowest BCUT2D eigenvalue weighted by Gasteiger charge is -2.15. The van der Waals surface area contributed by atoms with E-state index in [1.54, 1.807) is 6.07 Å². The molecule has 0 saturated carbocycles. The Morgan fingerprint density at radius 1 is 1.05 bits per heavy atom. The Balaban J connectivity index is 2.75. The molecule has 1 N–H and O–H groups in total. The summed E-state index contributed by atoms with van der Waals surface area (Å²) in [7, 11) is 0. The molecule has 0 bridgehead atoms. The Hall–Kier alpha value is -1.64. The molecule has 1 rings (SSSR count). The fourth-order valence-corrected chi connectivity index (χ4v) is 2.49. The third kappa shape index (κ3) is 5.70. The van der Waals surface area contributed by atoms with Gasteiger partial charge in [-0.15, -0.1) is 0 Å². The number of ketones is 1. The maximum atomic E-state index is 12.3. The van der Waals surface area contributed by atoms with Crippen molar-refractivity contribution in [2.75, 3.05) is 5.32 Å². The van der Waals surface area contributed by atoms with Crippen LogP contribution in [0.25, 0.3) is 0 Å². The van der Waals surface area contributed by atoms with Crippen LogP contribution in [-0.2, 0) is 4.79 Å². The normalized spacial score (nSPS) is 10.7. The fraction of sp³-hybridized carbons (Fsp3) is 0.556. The number of Topliss-reactive ketones (excluding diaryl/α,β-unsaturated/α-hetero) is 1. The minimum atomic E-state index is 0.0648. The van der Waals surface area contributed by atoms with Crippen molar-refractivity contribution in [3.63, 3.8) is 0 Å². The van der Waals surface area contributed by atoms with E-state index in [2.05, 4.69) is 19.2 Å². The number of benzene rings is 1. The Morgan fingerprint density at radius 2 is 1.71 bits per heavy atom. The fourth-order valence-electron chi connectivity index (χ4n) is 2.49. The van der Waals surface area contributed by atoms with E-state index in [4.69, 9.17) is 0 Å². The highest BCUT2D eigenvalue weighted by Crippen LogP contribution is 2.18. The maximum Gasteiger partial charge on any atom is 0.227 e. The monoisotopic (exact) mass is 289 g/mol. The summed E-state index contributed by atoms with van der Waals surface area (Å²) < 4.78 is 0. The van der Waals surface area contributed by atoms with Gasteiger partial charge in [-0.1, -0.05) is 45.7 Å². The molecule has 0 radical (unpaired) electrons. The Kier molecular flexibility index (Phi) is 7.73. The second-order valence-corrected chi connectivity index (χ2v) is 5.52. The zero-order valence-electron chi connectivity index (χ0n) is 13.4. The zero-order chi connectivity index (χ0) is 15.7. The van der Waals surface area contributed by atoms with Crippen LogP contribution in [-0.4, -0.2) is 11.7 Å². The molecule has 0 atom stereocenters. The largest absolute Gasteiger partial charge is 0.326 e. The summed E-state index contributed by atoms with van der Waals surface area (Å²) in [6.07, 6.45) is 5.22. The van der Waals surface area contributed by atoms with Gasteiger partial charge in [-0.05, 0) is 31.4 Å². The standard InChI is InChI=1S/C18H27NO2/c1-4-8-14(9-5-2)18(21)19-16-12-7-11-15(13-16)17(20)10-6-3/h7,11-14H,4-6,8-10H2,1-3H3,(H,19,21). The predicted octanol–water partition coefficient (Wildman–Crippen LogP) is 4.82. The molecule has 3 heteroatoms. The quantitative estimate of drug-likeness (QED) is 0.662. The number of hydrogen-bond acceptors (Lipinski definition) is 2. The molecular formula is C18H27NO2. The Morgan fingerprint density at radius 3 is 2.29 bits per heavy atom. The van der Waals surface area contributed by atoms with Gasteiger partial charge in [0, 0.05) is 23.6 Å². The molecule has 0 unspecified atom stereocenters. The highest BCUT2D eigenvalue weighted by atomic mass is 16.2. The lowest BCUT2D eigenvalue weighted by Crippen LogP contribution is -2.22. The lowest BCUT2D eigenvalue weighted by molar-refractivity contribution is -0.120. The number of rotatable bonds is 9. The van der Waals surface area contributed by atoms with Crippen LogP contribution in [0.2, 0.25) is 0 Å².